The van der Waals surface area contributed by atoms with Gasteiger partial charge in [-0.25, -0.2) is 0 Å². The Balaban J connectivity index is 0.00000480. The Labute approximate surface area is 192 Å². The van der Waals surface area contributed by atoms with E-state index in [0.717, 1.165) is 22.5 Å². The summed E-state index contributed by atoms with van der Waals surface area (Å²) in [4.78, 5) is 0. The van der Waals surface area contributed by atoms with Gasteiger partial charge in [0.1, 0.15) is 0 Å². The van der Waals surface area contributed by atoms with E-state index in [1.807, 2.05) is 62.4 Å². The minimum atomic E-state index is -0.0895. The third kappa shape index (κ3) is 8.68. The van der Waals surface area contributed by atoms with Crippen molar-refractivity contribution in [1.82, 2.24) is 0 Å². The van der Waals surface area contributed by atoms with Gasteiger partial charge in [0.15, 0.2) is 5.11 Å². The quantitative estimate of drug-likeness (QED) is 0.165. The molecule has 0 spiro atoms. The maximum Gasteiger partial charge on any atom is 0.211 e. The average molecular weight is 461 g/mol. The highest BCUT2D eigenvalue weighted by molar-refractivity contribution is 7.80. The van der Waals surface area contributed by atoms with Gasteiger partial charge in [-0.1, -0.05) is 24.3 Å². The second kappa shape index (κ2) is 12.1. The Morgan fingerprint density at radius 2 is 0.968 bits per heavy atom. The van der Waals surface area contributed by atoms with Gasteiger partial charge in [0.05, 0.1) is 11.4 Å². The molecule has 0 aliphatic heterocycles. The first-order valence-electron chi connectivity index (χ1n) is 8.80. The van der Waals surface area contributed by atoms with E-state index in [9.17, 15) is 0 Å². The topological polar surface area (TPSA) is 178 Å². The Hall–Kier alpha value is -3.70. The SMILES string of the molecule is C/C(=N\N=C(N)N)c1ccc(NC(=S)Nc2ccc(/C(C)=N/N=C(N)N)cc2)cc1.Cl. The molecule has 2 rings (SSSR count). The van der Waals surface area contributed by atoms with Crippen molar-refractivity contribution in [1.29, 1.82) is 0 Å². The van der Waals surface area contributed by atoms with E-state index in [4.69, 9.17) is 35.2 Å². The standard InChI is InChI=1S/C19H24N10S.ClH/c1-11(26-28-17(20)21)13-3-7-15(8-4-13)24-19(30)25-16-9-5-14(6-10-16)12(2)27-29-18(22)23;/h3-10H,1-2H3,(H4,20,21,28)(H4,22,23,29)(H2,24,25,30);1H/b26-11+,27-12+;. The van der Waals surface area contributed by atoms with Crippen LogP contribution in [-0.4, -0.2) is 28.5 Å². The average Bonchev–Trinajstić information content (AvgIpc) is 2.71. The molecule has 0 unspecified atom stereocenters. The number of hydrogen-bond donors (Lipinski definition) is 6. The monoisotopic (exact) mass is 460 g/mol. The van der Waals surface area contributed by atoms with Gasteiger partial charge in [0.25, 0.3) is 0 Å². The molecular formula is C19H25ClN10S. The minimum Gasteiger partial charge on any atom is -0.369 e. The fourth-order valence-corrected chi connectivity index (χ4v) is 2.50. The zero-order valence-electron chi connectivity index (χ0n) is 17.0. The van der Waals surface area contributed by atoms with E-state index >= 15 is 0 Å². The van der Waals surface area contributed by atoms with Gasteiger partial charge in [-0.2, -0.15) is 10.2 Å². The van der Waals surface area contributed by atoms with E-state index in [2.05, 4.69) is 31.0 Å². The number of halogens is 1. The van der Waals surface area contributed by atoms with Gasteiger partial charge in [-0.3, -0.25) is 0 Å². The van der Waals surface area contributed by atoms with Gasteiger partial charge in [-0.15, -0.1) is 22.6 Å². The molecule has 0 atom stereocenters. The van der Waals surface area contributed by atoms with Crippen LogP contribution in [0.25, 0.3) is 0 Å². The Morgan fingerprint density at radius 3 is 1.26 bits per heavy atom. The largest absolute Gasteiger partial charge is 0.369 e. The summed E-state index contributed by atoms with van der Waals surface area (Å²) in [7, 11) is 0. The van der Waals surface area contributed by atoms with Crippen LogP contribution < -0.4 is 33.6 Å². The second-order valence-electron chi connectivity index (χ2n) is 6.15. The van der Waals surface area contributed by atoms with Crippen molar-refractivity contribution in [2.45, 2.75) is 13.8 Å². The van der Waals surface area contributed by atoms with E-state index in [1.165, 1.54) is 0 Å². The molecule has 0 aromatic heterocycles. The predicted octanol–water partition coefficient (Wildman–Crippen LogP) is 1.91. The third-order valence-corrected chi connectivity index (χ3v) is 3.96. The molecule has 0 saturated heterocycles. The van der Waals surface area contributed by atoms with Crippen molar-refractivity contribution < 1.29 is 0 Å². The summed E-state index contributed by atoms with van der Waals surface area (Å²) in [5.41, 5.74) is 25.9. The number of benzene rings is 2. The summed E-state index contributed by atoms with van der Waals surface area (Å²) in [5, 5.41) is 21.9. The van der Waals surface area contributed by atoms with Crippen LogP contribution in [0.2, 0.25) is 0 Å². The first-order valence-corrected chi connectivity index (χ1v) is 9.20. The van der Waals surface area contributed by atoms with Crippen molar-refractivity contribution >= 4 is 64.5 Å². The molecule has 0 heterocycles. The lowest BCUT2D eigenvalue weighted by Crippen LogP contribution is -2.22. The molecule has 31 heavy (non-hydrogen) atoms. The Kier molecular flexibility index (Phi) is 9.89. The van der Waals surface area contributed by atoms with Gasteiger partial charge >= 0.3 is 0 Å². The predicted molar refractivity (Wildman–Crippen MR) is 136 cm³/mol. The van der Waals surface area contributed by atoms with Crippen LogP contribution in [0.15, 0.2) is 68.9 Å². The van der Waals surface area contributed by atoms with E-state index in [-0.39, 0.29) is 24.3 Å². The molecule has 0 amide bonds. The zero-order chi connectivity index (χ0) is 22.1. The lowest BCUT2D eigenvalue weighted by molar-refractivity contribution is 1.20. The fraction of sp³-hybridized carbons (Fsp3) is 0.105. The lowest BCUT2D eigenvalue weighted by Gasteiger charge is -2.11. The summed E-state index contributed by atoms with van der Waals surface area (Å²) >= 11 is 5.37. The molecule has 0 fully saturated rings. The van der Waals surface area contributed by atoms with Crippen molar-refractivity contribution in [3.8, 4) is 0 Å². The number of anilines is 2. The highest BCUT2D eigenvalue weighted by Gasteiger charge is 2.03. The lowest BCUT2D eigenvalue weighted by atomic mass is 10.1. The molecule has 164 valence electrons. The zero-order valence-corrected chi connectivity index (χ0v) is 18.7. The number of nitrogens with two attached hydrogens (primary N) is 4. The minimum absolute atomic E-state index is 0. The highest BCUT2D eigenvalue weighted by atomic mass is 35.5. The molecule has 12 heteroatoms. The van der Waals surface area contributed by atoms with Gasteiger partial charge in [-0.05, 0) is 61.5 Å². The number of rotatable bonds is 6. The molecule has 0 aliphatic carbocycles. The van der Waals surface area contributed by atoms with E-state index in [0.29, 0.717) is 16.5 Å². The molecule has 10 N–H and O–H groups in total. The Morgan fingerprint density at radius 1 is 0.645 bits per heavy atom. The smallest absolute Gasteiger partial charge is 0.211 e. The number of thiocarbonyl (C=S) groups is 1. The third-order valence-electron chi connectivity index (χ3n) is 3.75. The first kappa shape index (κ1) is 25.3. The molecule has 10 nitrogen and oxygen atoms in total. The summed E-state index contributed by atoms with van der Waals surface area (Å²) in [6.07, 6.45) is 0. The first-order chi connectivity index (χ1) is 14.2. The highest BCUT2D eigenvalue weighted by Crippen LogP contribution is 2.14. The van der Waals surface area contributed by atoms with Crippen LogP contribution >= 0.6 is 24.6 Å². The second-order valence-corrected chi connectivity index (χ2v) is 6.56. The molecule has 0 saturated carbocycles. The normalized spacial score (nSPS) is 11.0. The molecule has 0 bridgehead atoms. The van der Waals surface area contributed by atoms with Crippen LogP contribution in [0.1, 0.15) is 25.0 Å². The van der Waals surface area contributed by atoms with Crippen molar-refractivity contribution in [3.05, 3.63) is 59.7 Å². The van der Waals surface area contributed by atoms with Crippen molar-refractivity contribution in [2.75, 3.05) is 10.6 Å². The summed E-state index contributed by atoms with van der Waals surface area (Å²) in [6.45, 7) is 3.63. The van der Waals surface area contributed by atoms with Crippen LogP contribution in [0.5, 0.6) is 0 Å². The van der Waals surface area contributed by atoms with Crippen molar-refractivity contribution in [3.63, 3.8) is 0 Å². The molecule has 0 radical (unpaired) electrons. The number of nitrogens with one attached hydrogen (secondary N) is 2. The van der Waals surface area contributed by atoms with E-state index in [1.54, 1.807) is 0 Å². The van der Waals surface area contributed by atoms with Gasteiger partial charge in [0.2, 0.25) is 11.9 Å². The van der Waals surface area contributed by atoms with Gasteiger partial charge < -0.3 is 33.6 Å². The summed E-state index contributed by atoms with van der Waals surface area (Å²) < 4.78 is 0. The van der Waals surface area contributed by atoms with Crippen LogP contribution in [-0.2, 0) is 0 Å². The molecule has 0 aliphatic rings. The molecular weight excluding hydrogens is 436 g/mol. The van der Waals surface area contributed by atoms with Crippen LogP contribution in [0.3, 0.4) is 0 Å². The molecule has 2 aromatic rings. The van der Waals surface area contributed by atoms with E-state index < -0.39 is 0 Å². The maximum absolute atomic E-state index is 5.37. The maximum atomic E-state index is 5.37. The summed E-state index contributed by atoms with van der Waals surface area (Å²) in [5.74, 6) is -0.179. The summed E-state index contributed by atoms with van der Waals surface area (Å²) in [6, 6.07) is 15.1. The number of nitrogens with zero attached hydrogens (tertiary/aromatic N) is 4. The number of guanidine groups is 2. The van der Waals surface area contributed by atoms with Crippen LogP contribution in [0, 0.1) is 0 Å². The van der Waals surface area contributed by atoms with Crippen molar-refractivity contribution in [2.24, 2.45) is 43.3 Å². The molecule has 2 aromatic carbocycles. The van der Waals surface area contributed by atoms with Gasteiger partial charge in [0, 0.05) is 11.4 Å². The number of hydrogen-bond acceptors (Lipinski definition) is 5. The van der Waals surface area contributed by atoms with Crippen LogP contribution in [0.4, 0.5) is 11.4 Å². The fourth-order valence-electron chi connectivity index (χ4n) is 2.26. The Bertz CT molecular complexity index is 921.